The van der Waals surface area contributed by atoms with E-state index in [0.717, 1.165) is 5.75 Å². The number of aryl methyl sites for hydroxylation is 2. The summed E-state index contributed by atoms with van der Waals surface area (Å²) < 4.78 is 5.29. The Hall–Kier alpha value is -0.980. The predicted octanol–water partition coefficient (Wildman–Crippen LogP) is 4.38. The summed E-state index contributed by atoms with van der Waals surface area (Å²) in [6.45, 7) is 4.49. The van der Waals surface area contributed by atoms with Crippen LogP contribution >= 0.6 is 0 Å². The maximum atomic E-state index is 5.29. The van der Waals surface area contributed by atoms with Crippen LogP contribution in [0.15, 0.2) is 18.2 Å². The van der Waals surface area contributed by atoms with Gasteiger partial charge in [-0.15, -0.1) is 0 Å². The van der Waals surface area contributed by atoms with E-state index in [1.165, 1.54) is 49.7 Å². The van der Waals surface area contributed by atoms with Crippen LogP contribution in [0, 0.1) is 0 Å². The zero-order chi connectivity index (χ0) is 11.8. The van der Waals surface area contributed by atoms with Crippen LogP contribution < -0.4 is 4.74 Å². The lowest BCUT2D eigenvalue weighted by molar-refractivity contribution is 0.414. The SMILES string of the molecule is CCCCc1ccc(OC)cc1CCCC. The monoisotopic (exact) mass is 220 g/mol. The molecule has 0 unspecified atom stereocenters. The van der Waals surface area contributed by atoms with E-state index in [4.69, 9.17) is 4.74 Å². The lowest BCUT2D eigenvalue weighted by atomic mass is 9.98. The fourth-order valence-electron chi connectivity index (χ4n) is 1.94. The highest BCUT2D eigenvalue weighted by Gasteiger charge is 2.03. The van der Waals surface area contributed by atoms with Gasteiger partial charge in [0, 0.05) is 0 Å². The van der Waals surface area contributed by atoms with Crippen molar-refractivity contribution in [1.29, 1.82) is 0 Å². The van der Waals surface area contributed by atoms with Gasteiger partial charge in [0.1, 0.15) is 5.75 Å². The average molecular weight is 220 g/mol. The van der Waals surface area contributed by atoms with E-state index in [9.17, 15) is 0 Å². The molecule has 1 heteroatoms. The number of hydrogen-bond acceptors (Lipinski definition) is 1. The van der Waals surface area contributed by atoms with E-state index in [2.05, 4.69) is 32.0 Å². The molecule has 0 fully saturated rings. The molecule has 0 aliphatic heterocycles. The summed E-state index contributed by atoms with van der Waals surface area (Å²) in [4.78, 5) is 0. The van der Waals surface area contributed by atoms with Gasteiger partial charge in [-0.05, 0) is 48.9 Å². The summed E-state index contributed by atoms with van der Waals surface area (Å²) in [6, 6.07) is 6.53. The van der Waals surface area contributed by atoms with E-state index in [0.29, 0.717) is 0 Å². The minimum Gasteiger partial charge on any atom is -0.497 e. The summed E-state index contributed by atoms with van der Waals surface area (Å²) >= 11 is 0. The molecule has 0 saturated heterocycles. The number of benzene rings is 1. The molecule has 90 valence electrons. The second-order valence-corrected chi connectivity index (χ2v) is 4.34. The number of methoxy groups -OCH3 is 1. The fourth-order valence-corrected chi connectivity index (χ4v) is 1.94. The Labute approximate surface area is 99.8 Å². The lowest BCUT2D eigenvalue weighted by Crippen LogP contribution is -1.96. The van der Waals surface area contributed by atoms with Crippen LogP contribution in [0.25, 0.3) is 0 Å². The Morgan fingerprint density at radius 3 is 2.12 bits per heavy atom. The zero-order valence-electron chi connectivity index (χ0n) is 10.9. The maximum Gasteiger partial charge on any atom is 0.119 e. The molecule has 0 aliphatic rings. The largest absolute Gasteiger partial charge is 0.497 e. The van der Waals surface area contributed by atoms with Gasteiger partial charge in [0.05, 0.1) is 7.11 Å². The van der Waals surface area contributed by atoms with Crippen molar-refractivity contribution in [3.05, 3.63) is 29.3 Å². The predicted molar refractivity (Wildman–Crippen MR) is 70.2 cm³/mol. The second-order valence-electron chi connectivity index (χ2n) is 4.34. The van der Waals surface area contributed by atoms with Crippen molar-refractivity contribution in [3.8, 4) is 5.75 Å². The van der Waals surface area contributed by atoms with Gasteiger partial charge in [-0.25, -0.2) is 0 Å². The molecule has 16 heavy (non-hydrogen) atoms. The normalized spacial score (nSPS) is 10.4. The van der Waals surface area contributed by atoms with Gasteiger partial charge in [0.25, 0.3) is 0 Å². The number of hydrogen-bond donors (Lipinski definition) is 0. The van der Waals surface area contributed by atoms with E-state index >= 15 is 0 Å². The minimum atomic E-state index is 0.992. The number of rotatable bonds is 7. The smallest absolute Gasteiger partial charge is 0.119 e. The van der Waals surface area contributed by atoms with Gasteiger partial charge >= 0.3 is 0 Å². The topological polar surface area (TPSA) is 9.23 Å². The van der Waals surface area contributed by atoms with Crippen molar-refractivity contribution in [3.63, 3.8) is 0 Å². The lowest BCUT2D eigenvalue weighted by Gasteiger charge is -2.11. The van der Waals surface area contributed by atoms with Crippen molar-refractivity contribution < 1.29 is 4.74 Å². The molecule has 0 saturated carbocycles. The Bertz CT molecular complexity index is 304. The Morgan fingerprint density at radius 1 is 0.938 bits per heavy atom. The van der Waals surface area contributed by atoms with Gasteiger partial charge in [-0.1, -0.05) is 32.8 Å². The maximum absolute atomic E-state index is 5.29. The summed E-state index contributed by atoms with van der Waals surface area (Å²) in [5.74, 6) is 0.992. The van der Waals surface area contributed by atoms with Crippen molar-refractivity contribution in [1.82, 2.24) is 0 Å². The molecular weight excluding hydrogens is 196 g/mol. The molecule has 1 aromatic carbocycles. The van der Waals surface area contributed by atoms with Crippen molar-refractivity contribution >= 4 is 0 Å². The Morgan fingerprint density at radius 2 is 1.56 bits per heavy atom. The summed E-state index contributed by atoms with van der Waals surface area (Å²) in [7, 11) is 1.74. The van der Waals surface area contributed by atoms with Gasteiger partial charge in [-0.3, -0.25) is 0 Å². The van der Waals surface area contributed by atoms with Crippen LogP contribution in [0.3, 0.4) is 0 Å². The third kappa shape index (κ3) is 3.88. The third-order valence-electron chi connectivity index (χ3n) is 3.01. The fraction of sp³-hybridized carbons (Fsp3) is 0.600. The van der Waals surface area contributed by atoms with Crippen molar-refractivity contribution in [2.75, 3.05) is 7.11 Å². The molecule has 0 aliphatic carbocycles. The quantitative estimate of drug-likeness (QED) is 0.662. The first-order valence-electron chi connectivity index (χ1n) is 6.47. The molecule has 1 rings (SSSR count). The van der Waals surface area contributed by atoms with Gasteiger partial charge in [-0.2, -0.15) is 0 Å². The Kier molecular flexibility index (Phi) is 5.99. The van der Waals surface area contributed by atoms with Crippen LogP contribution in [-0.4, -0.2) is 7.11 Å². The standard InChI is InChI=1S/C15H24O/c1-4-6-8-13-10-11-15(16-3)12-14(13)9-7-5-2/h10-12H,4-9H2,1-3H3. The average Bonchev–Trinajstić information content (AvgIpc) is 2.34. The molecule has 1 nitrogen and oxygen atoms in total. The zero-order valence-corrected chi connectivity index (χ0v) is 10.9. The molecule has 0 bridgehead atoms. The number of ether oxygens (including phenoxy) is 1. The molecular formula is C15H24O. The highest BCUT2D eigenvalue weighted by Crippen LogP contribution is 2.21. The van der Waals surface area contributed by atoms with Gasteiger partial charge in [0.2, 0.25) is 0 Å². The van der Waals surface area contributed by atoms with Gasteiger partial charge in [0.15, 0.2) is 0 Å². The molecule has 0 heterocycles. The molecule has 0 atom stereocenters. The van der Waals surface area contributed by atoms with Crippen LogP contribution in [0.1, 0.15) is 50.7 Å². The minimum absolute atomic E-state index is 0.992. The van der Waals surface area contributed by atoms with E-state index < -0.39 is 0 Å². The third-order valence-corrected chi connectivity index (χ3v) is 3.01. The van der Waals surface area contributed by atoms with Crippen molar-refractivity contribution in [2.45, 2.75) is 52.4 Å². The molecule has 0 spiro atoms. The molecule has 0 amide bonds. The molecule has 1 aromatic rings. The van der Waals surface area contributed by atoms with E-state index in [1.807, 2.05) is 0 Å². The van der Waals surface area contributed by atoms with E-state index in [-0.39, 0.29) is 0 Å². The van der Waals surface area contributed by atoms with Crippen molar-refractivity contribution in [2.24, 2.45) is 0 Å². The first-order valence-corrected chi connectivity index (χ1v) is 6.47. The summed E-state index contributed by atoms with van der Waals surface area (Å²) in [6.07, 6.45) is 7.47. The first-order chi connectivity index (χ1) is 7.81. The van der Waals surface area contributed by atoms with Gasteiger partial charge < -0.3 is 4.74 Å². The highest BCUT2D eigenvalue weighted by molar-refractivity contribution is 5.36. The van der Waals surface area contributed by atoms with Crippen LogP contribution in [0.5, 0.6) is 5.75 Å². The van der Waals surface area contributed by atoms with E-state index in [1.54, 1.807) is 7.11 Å². The van der Waals surface area contributed by atoms with Crippen LogP contribution in [0.4, 0.5) is 0 Å². The second kappa shape index (κ2) is 7.32. The van der Waals surface area contributed by atoms with Crippen LogP contribution in [-0.2, 0) is 12.8 Å². The summed E-state index contributed by atoms with van der Waals surface area (Å²) in [5.41, 5.74) is 2.99. The first kappa shape index (κ1) is 13.1. The highest BCUT2D eigenvalue weighted by atomic mass is 16.5. The molecule has 0 aromatic heterocycles. The summed E-state index contributed by atoms with van der Waals surface area (Å²) in [5, 5.41) is 0. The Balaban J connectivity index is 2.78. The number of unbranched alkanes of at least 4 members (excludes halogenated alkanes) is 2. The molecule has 0 N–H and O–H groups in total. The van der Waals surface area contributed by atoms with Crippen LogP contribution in [0.2, 0.25) is 0 Å². The molecule has 0 radical (unpaired) electrons.